The van der Waals surface area contributed by atoms with Crippen LogP contribution >= 0.6 is 23.4 Å². The Bertz CT molecular complexity index is 938. The van der Waals surface area contributed by atoms with Gasteiger partial charge in [0.05, 0.1) is 29.6 Å². The maximum atomic E-state index is 11.2. The van der Waals surface area contributed by atoms with Crippen molar-refractivity contribution < 1.29 is 18.9 Å². The quantitative estimate of drug-likeness (QED) is 0.484. The van der Waals surface area contributed by atoms with E-state index < -0.39 is 11.2 Å². The molecule has 2 heterocycles. The number of hydrogen-bond donors (Lipinski definition) is 0. The van der Waals surface area contributed by atoms with Gasteiger partial charge in [-0.2, -0.15) is 0 Å². The Morgan fingerprint density at radius 3 is 2.60 bits per heavy atom. The van der Waals surface area contributed by atoms with E-state index in [0.717, 1.165) is 4.90 Å². The van der Waals surface area contributed by atoms with Crippen LogP contribution in [0, 0.1) is 10.1 Å². The topological polar surface area (TPSA) is 87.6 Å². The second-order valence-electron chi connectivity index (χ2n) is 5.27. The van der Waals surface area contributed by atoms with Gasteiger partial charge >= 0.3 is 0 Å². The van der Waals surface area contributed by atoms with Crippen LogP contribution in [0.2, 0.25) is 5.02 Å². The lowest BCUT2D eigenvalue weighted by Gasteiger charge is -2.08. The van der Waals surface area contributed by atoms with Crippen LogP contribution in [0.1, 0.15) is 12.0 Å². The van der Waals surface area contributed by atoms with Gasteiger partial charge in [-0.15, -0.1) is 0 Å². The molecule has 0 spiro atoms. The molecular formula is C16H11ClN2O5S. The molecule has 25 heavy (non-hydrogen) atoms. The lowest BCUT2D eigenvalue weighted by Crippen LogP contribution is -1.99. The molecule has 0 bridgehead atoms. The Labute approximate surface area is 151 Å². The van der Waals surface area contributed by atoms with Crippen LogP contribution in [0.4, 0.5) is 5.69 Å². The van der Waals surface area contributed by atoms with Crippen molar-refractivity contribution in [1.29, 1.82) is 0 Å². The van der Waals surface area contributed by atoms with Crippen LogP contribution < -0.4 is 0 Å². The molecule has 0 aliphatic carbocycles. The van der Waals surface area contributed by atoms with E-state index in [-0.39, 0.29) is 5.69 Å². The molecule has 1 aromatic heterocycles. The van der Waals surface area contributed by atoms with Gasteiger partial charge < -0.3 is 14.0 Å². The number of non-ortho nitro benzene ring substituents is 1. The van der Waals surface area contributed by atoms with E-state index in [4.69, 9.17) is 25.6 Å². The van der Waals surface area contributed by atoms with E-state index in [1.54, 1.807) is 12.1 Å². The summed E-state index contributed by atoms with van der Waals surface area (Å²) >= 11 is 7.27. The largest absolute Gasteiger partial charge is 0.356 e. The van der Waals surface area contributed by atoms with Crippen molar-refractivity contribution in [1.82, 2.24) is 5.16 Å². The second-order valence-corrected chi connectivity index (χ2v) is 6.82. The number of nitro groups is 1. The molecule has 0 atom stereocenters. The first kappa shape index (κ1) is 16.3. The Balaban J connectivity index is 1.84. The maximum absolute atomic E-state index is 11.2. The molecule has 3 aromatic rings. The molecule has 4 rings (SSSR count). The highest BCUT2D eigenvalue weighted by Crippen LogP contribution is 2.41. The van der Waals surface area contributed by atoms with E-state index in [1.807, 2.05) is 12.1 Å². The van der Waals surface area contributed by atoms with Crippen molar-refractivity contribution in [2.24, 2.45) is 0 Å². The van der Waals surface area contributed by atoms with Crippen LogP contribution in [-0.2, 0) is 9.47 Å². The van der Waals surface area contributed by atoms with Crippen molar-refractivity contribution >= 4 is 40.0 Å². The number of fused-ring (bicyclic) bond motifs is 1. The Morgan fingerprint density at radius 2 is 1.92 bits per heavy atom. The number of aromatic nitrogens is 1. The molecule has 1 aliphatic rings. The van der Waals surface area contributed by atoms with Gasteiger partial charge in [0, 0.05) is 20.9 Å². The summed E-state index contributed by atoms with van der Waals surface area (Å²) in [6.07, 6.45) is -0.632. The first-order valence-electron chi connectivity index (χ1n) is 7.36. The first-order chi connectivity index (χ1) is 12.1. The van der Waals surface area contributed by atoms with E-state index >= 15 is 0 Å². The highest BCUT2D eigenvalue weighted by molar-refractivity contribution is 7.99. The SMILES string of the molecule is O=[N+]([O-])c1cc(Sc2ccc(Cl)cc2)c2c(C3OCCO3)noc2c1. The number of benzene rings is 2. The zero-order valence-electron chi connectivity index (χ0n) is 12.7. The van der Waals surface area contributed by atoms with Gasteiger partial charge in [0.2, 0.25) is 6.29 Å². The maximum Gasteiger partial charge on any atom is 0.274 e. The van der Waals surface area contributed by atoms with Crippen molar-refractivity contribution in [2.75, 3.05) is 13.2 Å². The van der Waals surface area contributed by atoms with Crippen molar-refractivity contribution in [3.8, 4) is 0 Å². The number of hydrogen-bond acceptors (Lipinski definition) is 7. The lowest BCUT2D eigenvalue weighted by atomic mass is 10.2. The molecule has 9 heteroatoms. The fourth-order valence-electron chi connectivity index (χ4n) is 2.54. The molecule has 0 saturated carbocycles. The highest BCUT2D eigenvalue weighted by atomic mass is 35.5. The average Bonchev–Trinajstić information content (AvgIpc) is 3.25. The predicted molar refractivity (Wildman–Crippen MR) is 90.9 cm³/mol. The van der Waals surface area contributed by atoms with Crippen molar-refractivity contribution in [3.05, 3.63) is 57.2 Å². The van der Waals surface area contributed by atoms with Gasteiger partial charge in [0.15, 0.2) is 5.58 Å². The molecular weight excluding hydrogens is 368 g/mol. The minimum Gasteiger partial charge on any atom is -0.356 e. The average molecular weight is 379 g/mol. The fraction of sp³-hybridized carbons (Fsp3) is 0.188. The van der Waals surface area contributed by atoms with Gasteiger partial charge in [-0.3, -0.25) is 10.1 Å². The summed E-state index contributed by atoms with van der Waals surface area (Å²) < 4.78 is 16.3. The number of ether oxygens (including phenoxy) is 2. The van der Waals surface area contributed by atoms with E-state index in [9.17, 15) is 10.1 Å². The standard InChI is InChI=1S/C16H11ClN2O5S/c17-9-1-3-11(4-2-9)25-13-8-10(19(20)21)7-12-14(13)15(18-24-12)16-22-5-6-23-16/h1-4,7-8,16H,5-6H2. The number of nitro benzene ring substituents is 1. The Kier molecular flexibility index (Phi) is 4.34. The number of nitrogens with zero attached hydrogens (tertiary/aromatic N) is 2. The Morgan fingerprint density at radius 1 is 1.20 bits per heavy atom. The smallest absolute Gasteiger partial charge is 0.274 e. The van der Waals surface area contributed by atoms with Crippen LogP contribution in [0.5, 0.6) is 0 Å². The fourth-order valence-corrected chi connectivity index (χ4v) is 3.68. The molecule has 1 saturated heterocycles. The van der Waals surface area contributed by atoms with Gasteiger partial charge in [0.25, 0.3) is 5.69 Å². The minimum absolute atomic E-state index is 0.0695. The molecule has 1 aliphatic heterocycles. The molecule has 0 N–H and O–H groups in total. The summed E-state index contributed by atoms with van der Waals surface area (Å²) in [5.74, 6) is 0. The normalized spacial score (nSPS) is 15.1. The number of halogens is 1. The number of rotatable bonds is 4. The molecule has 128 valence electrons. The van der Waals surface area contributed by atoms with Crippen LogP contribution in [0.3, 0.4) is 0 Å². The van der Waals surface area contributed by atoms with Gasteiger partial charge in [0.1, 0.15) is 5.69 Å². The zero-order chi connectivity index (χ0) is 17.4. The summed E-state index contributed by atoms with van der Waals surface area (Å²) in [5.41, 5.74) is 0.735. The Hall–Kier alpha value is -2.13. The van der Waals surface area contributed by atoms with Crippen molar-refractivity contribution in [3.63, 3.8) is 0 Å². The predicted octanol–water partition coefficient (Wildman–Crippen LogP) is 4.59. The molecule has 0 radical (unpaired) electrons. The lowest BCUT2D eigenvalue weighted by molar-refractivity contribution is -0.385. The van der Waals surface area contributed by atoms with E-state index in [0.29, 0.717) is 39.8 Å². The molecule has 2 aromatic carbocycles. The van der Waals surface area contributed by atoms with Crippen LogP contribution in [0.15, 0.2) is 50.7 Å². The molecule has 0 amide bonds. The van der Waals surface area contributed by atoms with E-state index in [1.165, 1.54) is 23.9 Å². The molecule has 7 nitrogen and oxygen atoms in total. The summed E-state index contributed by atoms with van der Waals surface area (Å²) in [7, 11) is 0. The molecule has 0 unspecified atom stereocenters. The summed E-state index contributed by atoms with van der Waals surface area (Å²) in [6, 6.07) is 10.1. The minimum atomic E-state index is -0.632. The highest BCUT2D eigenvalue weighted by Gasteiger charge is 2.28. The summed E-state index contributed by atoms with van der Waals surface area (Å²) in [4.78, 5) is 12.3. The third kappa shape index (κ3) is 3.21. The second kappa shape index (κ2) is 6.64. The monoisotopic (exact) mass is 378 g/mol. The van der Waals surface area contributed by atoms with E-state index in [2.05, 4.69) is 5.16 Å². The summed E-state index contributed by atoms with van der Waals surface area (Å²) in [6.45, 7) is 0.928. The van der Waals surface area contributed by atoms with Gasteiger partial charge in [-0.25, -0.2) is 0 Å². The molecule has 1 fully saturated rings. The third-order valence-electron chi connectivity index (χ3n) is 3.65. The first-order valence-corrected chi connectivity index (χ1v) is 8.55. The van der Waals surface area contributed by atoms with Crippen molar-refractivity contribution in [2.45, 2.75) is 16.1 Å². The van der Waals surface area contributed by atoms with Gasteiger partial charge in [-0.1, -0.05) is 28.5 Å². The van der Waals surface area contributed by atoms with Crippen LogP contribution in [-0.4, -0.2) is 23.3 Å². The third-order valence-corrected chi connectivity index (χ3v) is 4.95. The zero-order valence-corrected chi connectivity index (χ0v) is 14.2. The summed E-state index contributed by atoms with van der Waals surface area (Å²) in [5, 5.41) is 16.5. The van der Waals surface area contributed by atoms with Gasteiger partial charge in [-0.05, 0) is 24.3 Å². The van der Waals surface area contributed by atoms with Crippen LogP contribution in [0.25, 0.3) is 11.0 Å².